The van der Waals surface area contributed by atoms with Crippen LogP contribution in [0.25, 0.3) is 0 Å². The third kappa shape index (κ3) is 3.92. The maximum atomic E-state index is 11.7. The highest BCUT2D eigenvalue weighted by Crippen LogP contribution is 2.11. The van der Waals surface area contributed by atoms with E-state index in [-0.39, 0.29) is 5.91 Å². The Morgan fingerprint density at radius 1 is 1.42 bits per heavy atom. The Balaban J connectivity index is 1.69. The molecular weight excluding hydrogens is 258 g/mol. The van der Waals surface area contributed by atoms with Gasteiger partial charge in [0.2, 0.25) is 5.91 Å². The number of aryl methyl sites for hydroxylation is 3. The van der Waals surface area contributed by atoms with Gasteiger partial charge in [0.05, 0.1) is 5.69 Å². The highest BCUT2D eigenvalue weighted by atomic mass is 32.1. The number of nitrogens with one attached hydrogen (secondary N) is 2. The molecule has 4 nitrogen and oxygen atoms in total. The van der Waals surface area contributed by atoms with Crippen LogP contribution < -0.4 is 5.32 Å². The standard InChI is InChI=1S/C14H19N3OS/c1-10-13(11(2)17-16-10)7-8-15-14(18)6-5-12-4-3-9-19-12/h3-4,9H,5-8H2,1-2H3,(H,15,18)(H,16,17). The second-order valence-electron chi connectivity index (χ2n) is 4.59. The lowest BCUT2D eigenvalue weighted by molar-refractivity contribution is -0.121. The molecule has 2 N–H and O–H groups in total. The van der Waals surface area contributed by atoms with Crippen LogP contribution in [0.2, 0.25) is 0 Å². The Morgan fingerprint density at radius 3 is 2.89 bits per heavy atom. The van der Waals surface area contributed by atoms with Gasteiger partial charge in [-0.25, -0.2) is 0 Å². The maximum absolute atomic E-state index is 11.7. The number of aromatic amines is 1. The SMILES string of the molecule is Cc1n[nH]c(C)c1CCNC(=O)CCc1cccs1. The quantitative estimate of drug-likeness (QED) is 0.851. The number of carbonyl (C=O) groups is 1. The van der Waals surface area contributed by atoms with Crippen molar-refractivity contribution in [2.75, 3.05) is 6.54 Å². The van der Waals surface area contributed by atoms with E-state index in [4.69, 9.17) is 0 Å². The van der Waals surface area contributed by atoms with E-state index in [1.807, 2.05) is 25.3 Å². The predicted molar refractivity (Wildman–Crippen MR) is 77.4 cm³/mol. The van der Waals surface area contributed by atoms with Crippen molar-refractivity contribution in [1.82, 2.24) is 15.5 Å². The van der Waals surface area contributed by atoms with Gasteiger partial charge in [0.25, 0.3) is 0 Å². The zero-order chi connectivity index (χ0) is 13.7. The summed E-state index contributed by atoms with van der Waals surface area (Å²) in [4.78, 5) is 13.0. The molecule has 0 bridgehead atoms. The van der Waals surface area contributed by atoms with Gasteiger partial charge in [0.15, 0.2) is 0 Å². The molecule has 5 heteroatoms. The number of nitrogens with zero attached hydrogens (tertiary/aromatic N) is 1. The van der Waals surface area contributed by atoms with Gasteiger partial charge in [-0.2, -0.15) is 5.10 Å². The molecule has 19 heavy (non-hydrogen) atoms. The van der Waals surface area contributed by atoms with Crippen LogP contribution in [0.1, 0.15) is 28.2 Å². The Morgan fingerprint density at radius 2 is 2.26 bits per heavy atom. The first-order valence-corrected chi connectivity index (χ1v) is 7.34. The highest BCUT2D eigenvalue weighted by molar-refractivity contribution is 7.09. The molecule has 0 fully saturated rings. The lowest BCUT2D eigenvalue weighted by atomic mass is 10.1. The van der Waals surface area contributed by atoms with Gasteiger partial charge in [-0.15, -0.1) is 11.3 Å². The number of hydrogen-bond acceptors (Lipinski definition) is 3. The Bertz CT molecular complexity index is 511. The minimum Gasteiger partial charge on any atom is -0.356 e. The molecular formula is C14H19N3OS. The maximum Gasteiger partial charge on any atom is 0.220 e. The molecule has 2 heterocycles. The van der Waals surface area contributed by atoms with Crippen LogP contribution in [0.4, 0.5) is 0 Å². The van der Waals surface area contributed by atoms with Crippen LogP contribution in [0.15, 0.2) is 17.5 Å². The van der Waals surface area contributed by atoms with Crippen molar-refractivity contribution < 1.29 is 4.79 Å². The van der Waals surface area contributed by atoms with E-state index < -0.39 is 0 Å². The van der Waals surface area contributed by atoms with Crippen LogP contribution in [-0.2, 0) is 17.6 Å². The van der Waals surface area contributed by atoms with Crippen molar-refractivity contribution in [3.8, 4) is 0 Å². The van der Waals surface area contributed by atoms with Crippen LogP contribution in [0, 0.1) is 13.8 Å². The summed E-state index contributed by atoms with van der Waals surface area (Å²) < 4.78 is 0. The van der Waals surface area contributed by atoms with E-state index in [2.05, 4.69) is 21.6 Å². The van der Waals surface area contributed by atoms with Crippen molar-refractivity contribution in [2.24, 2.45) is 0 Å². The summed E-state index contributed by atoms with van der Waals surface area (Å²) in [6.07, 6.45) is 2.22. The molecule has 102 valence electrons. The largest absolute Gasteiger partial charge is 0.356 e. The number of aromatic nitrogens is 2. The lowest BCUT2D eigenvalue weighted by Crippen LogP contribution is -2.26. The zero-order valence-electron chi connectivity index (χ0n) is 11.3. The number of hydrogen-bond donors (Lipinski definition) is 2. The number of amides is 1. The molecule has 0 saturated carbocycles. The topological polar surface area (TPSA) is 57.8 Å². The molecule has 0 saturated heterocycles. The average molecular weight is 277 g/mol. The summed E-state index contributed by atoms with van der Waals surface area (Å²) in [5.74, 6) is 0.118. The van der Waals surface area contributed by atoms with Crippen LogP contribution in [-0.4, -0.2) is 22.6 Å². The van der Waals surface area contributed by atoms with Gasteiger partial charge in [-0.1, -0.05) is 6.07 Å². The summed E-state index contributed by atoms with van der Waals surface area (Å²) in [6.45, 7) is 4.66. The molecule has 0 unspecified atom stereocenters. The number of rotatable bonds is 6. The van der Waals surface area contributed by atoms with Gasteiger partial charge in [0.1, 0.15) is 0 Å². The van der Waals surface area contributed by atoms with Crippen molar-refractivity contribution in [1.29, 1.82) is 0 Å². The first-order chi connectivity index (χ1) is 9.16. The van der Waals surface area contributed by atoms with Gasteiger partial charge in [0, 0.05) is 23.5 Å². The molecule has 1 amide bonds. The molecule has 2 aromatic rings. The number of H-pyrrole nitrogens is 1. The first-order valence-electron chi connectivity index (χ1n) is 6.46. The van der Waals surface area contributed by atoms with Crippen molar-refractivity contribution in [3.63, 3.8) is 0 Å². The minimum atomic E-state index is 0.118. The van der Waals surface area contributed by atoms with E-state index in [1.54, 1.807) is 11.3 Å². The highest BCUT2D eigenvalue weighted by Gasteiger charge is 2.07. The Hall–Kier alpha value is -1.62. The van der Waals surface area contributed by atoms with Crippen molar-refractivity contribution in [2.45, 2.75) is 33.1 Å². The van der Waals surface area contributed by atoms with Gasteiger partial charge in [-0.3, -0.25) is 9.89 Å². The molecule has 0 atom stereocenters. The van der Waals surface area contributed by atoms with E-state index in [0.717, 1.165) is 24.2 Å². The molecule has 0 aliphatic rings. The van der Waals surface area contributed by atoms with Crippen LogP contribution in [0.3, 0.4) is 0 Å². The van der Waals surface area contributed by atoms with Crippen molar-refractivity contribution in [3.05, 3.63) is 39.3 Å². The minimum absolute atomic E-state index is 0.118. The third-order valence-electron chi connectivity index (χ3n) is 3.16. The summed E-state index contributed by atoms with van der Waals surface area (Å²) in [6, 6.07) is 4.08. The second kappa shape index (κ2) is 6.52. The van der Waals surface area contributed by atoms with E-state index >= 15 is 0 Å². The van der Waals surface area contributed by atoms with Crippen LogP contribution in [0.5, 0.6) is 0 Å². The summed E-state index contributed by atoms with van der Waals surface area (Å²) in [5, 5.41) is 12.1. The lowest BCUT2D eigenvalue weighted by Gasteiger charge is -2.05. The van der Waals surface area contributed by atoms with E-state index in [9.17, 15) is 4.79 Å². The third-order valence-corrected chi connectivity index (χ3v) is 4.09. The van der Waals surface area contributed by atoms with Crippen molar-refractivity contribution >= 4 is 17.2 Å². The zero-order valence-corrected chi connectivity index (χ0v) is 12.1. The van der Waals surface area contributed by atoms with E-state index in [1.165, 1.54) is 10.4 Å². The molecule has 0 aliphatic heterocycles. The van der Waals surface area contributed by atoms with Gasteiger partial charge >= 0.3 is 0 Å². The number of thiophene rings is 1. The Labute approximate surface area is 117 Å². The predicted octanol–water partition coefficient (Wildman–Crippen LogP) is 2.38. The van der Waals surface area contributed by atoms with Crippen LogP contribution >= 0.6 is 11.3 Å². The molecule has 0 spiro atoms. The molecule has 0 aromatic carbocycles. The summed E-state index contributed by atoms with van der Waals surface area (Å²) >= 11 is 1.70. The number of carbonyl (C=O) groups excluding carboxylic acids is 1. The normalized spacial score (nSPS) is 10.6. The second-order valence-corrected chi connectivity index (χ2v) is 5.62. The van der Waals surface area contributed by atoms with Gasteiger partial charge in [-0.05, 0) is 43.7 Å². The molecule has 2 aromatic heterocycles. The molecule has 0 radical (unpaired) electrons. The fourth-order valence-electron chi connectivity index (χ4n) is 2.05. The Kier molecular flexibility index (Phi) is 4.74. The smallest absolute Gasteiger partial charge is 0.220 e. The monoisotopic (exact) mass is 277 g/mol. The summed E-state index contributed by atoms with van der Waals surface area (Å²) in [5.41, 5.74) is 3.31. The van der Waals surface area contributed by atoms with E-state index in [0.29, 0.717) is 13.0 Å². The molecule has 0 aliphatic carbocycles. The first kappa shape index (κ1) is 13.8. The summed E-state index contributed by atoms with van der Waals surface area (Å²) in [7, 11) is 0. The average Bonchev–Trinajstić information content (AvgIpc) is 3.00. The fraction of sp³-hybridized carbons (Fsp3) is 0.429. The van der Waals surface area contributed by atoms with Gasteiger partial charge < -0.3 is 5.32 Å². The fourth-order valence-corrected chi connectivity index (χ4v) is 2.76. The molecule has 2 rings (SSSR count).